The Hall–Kier alpha value is -2.01. The van der Waals surface area contributed by atoms with Crippen LogP contribution in [0.2, 0.25) is 5.15 Å². The van der Waals surface area contributed by atoms with Crippen molar-refractivity contribution < 1.29 is 4.79 Å². The molecule has 1 amide bonds. The number of halogens is 1. The molecule has 2 aromatic rings. The van der Waals surface area contributed by atoms with E-state index in [0.29, 0.717) is 6.54 Å². The number of rotatable bonds is 3. The van der Waals surface area contributed by atoms with Crippen LogP contribution in [0.4, 0.5) is 0 Å². The molecule has 2 heterocycles. The van der Waals surface area contributed by atoms with Crippen LogP contribution in [0.15, 0.2) is 36.5 Å². The molecule has 1 N–H and O–H groups in total. The highest BCUT2D eigenvalue weighted by Gasteiger charge is 2.07. The number of amides is 1. The van der Waals surface area contributed by atoms with E-state index in [0.717, 1.165) is 5.69 Å². The Morgan fingerprint density at radius 3 is 2.76 bits per heavy atom. The third kappa shape index (κ3) is 3.22. The van der Waals surface area contributed by atoms with Crippen molar-refractivity contribution in [2.45, 2.75) is 6.54 Å². The summed E-state index contributed by atoms with van der Waals surface area (Å²) in [4.78, 5) is 15.7. The third-order valence-corrected chi connectivity index (χ3v) is 2.22. The van der Waals surface area contributed by atoms with Gasteiger partial charge in [0, 0.05) is 6.20 Å². The highest BCUT2D eigenvalue weighted by Crippen LogP contribution is 2.02. The van der Waals surface area contributed by atoms with Crippen LogP contribution < -0.4 is 5.32 Å². The predicted octanol–water partition coefficient (Wildman–Crippen LogP) is 1.45. The predicted molar refractivity (Wildman–Crippen MR) is 62.4 cm³/mol. The molecule has 0 atom stereocenters. The number of hydrogen-bond acceptors (Lipinski definition) is 4. The number of aromatic nitrogens is 3. The van der Waals surface area contributed by atoms with E-state index < -0.39 is 0 Å². The number of nitrogens with zero attached hydrogens (tertiary/aromatic N) is 3. The lowest BCUT2D eigenvalue weighted by Crippen LogP contribution is -2.24. The fourth-order valence-corrected chi connectivity index (χ4v) is 1.30. The monoisotopic (exact) mass is 248 g/mol. The molecule has 0 radical (unpaired) electrons. The average Bonchev–Trinajstić information content (AvgIpc) is 2.38. The summed E-state index contributed by atoms with van der Waals surface area (Å²) in [6.45, 7) is 0.351. The van der Waals surface area contributed by atoms with Crippen molar-refractivity contribution in [3.05, 3.63) is 53.1 Å². The van der Waals surface area contributed by atoms with Gasteiger partial charge in [0.2, 0.25) is 0 Å². The summed E-state index contributed by atoms with van der Waals surface area (Å²) in [6.07, 6.45) is 1.67. The third-order valence-electron chi connectivity index (χ3n) is 2.02. The topological polar surface area (TPSA) is 67.8 Å². The van der Waals surface area contributed by atoms with Gasteiger partial charge < -0.3 is 5.32 Å². The second-order valence-corrected chi connectivity index (χ2v) is 3.63. The van der Waals surface area contributed by atoms with E-state index in [9.17, 15) is 4.79 Å². The van der Waals surface area contributed by atoms with E-state index in [1.165, 1.54) is 12.1 Å². The maximum Gasteiger partial charge on any atom is 0.272 e. The summed E-state index contributed by atoms with van der Waals surface area (Å²) >= 11 is 5.57. The lowest BCUT2D eigenvalue weighted by atomic mass is 10.3. The highest BCUT2D eigenvalue weighted by molar-refractivity contribution is 6.29. The van der Waals surface area contributed by atoms with Gasteiger partial charge in [0.1, 0.15) is 0 Å². The van der Waals surface area contributed by atoms with Gasteiger partial charge in [-0.3, -0.25) is 9.78 Å². The van der Waals surface area contributed by atoms with Gasteiger partial charge in [0.05, 0.1) is 12.2 Å². The number of nitrogens with one attached hydrogen (secondary N) is 1. The van der Waals surface area contributed by atoms with Crippen molar-refractivity contribution in [3.8, 4) is 0 Å². The summed E-state index contributed by atoms with van der Waals surface area (Å²) in [6, 6.07) is 8.54. The zero-order valence-electron chi connectivity index (χ0n) is 8.80. The Kier molecular flexibility index (Phi) is 3.62. The second kappa shape index (κ2) is 5.36. The van der Waals surface area contributed by atoms with Crippen molar-refractivity contribution in [2.75, 3.05) is 0 Å². The first-order valence-corrected chi connectivity index (χ1v) is 5.31. The first-order chi connectivity index (χ1) is 8.25. The van der Waals surface area contributed by atoms with Crippen LogP contribution in [0.5, 0.6) is 0 Å². The van der Waals surface area contributed by atoms with Crippen LogP contribution in [0.25, 0.3) is 0 Å². The fourth-order valence-electron chi connectivity index (χ4n) is 1.20. The lowest BCUT2D eigenvalue weighted by molar-refractivity contribution is 0.0944. The molecule has 0 saturated heterocycles. The van der Waals surface area contributed by atoms with Gasteiger partial charge in [-0.05, 0) is 24.3 Å². The smallest absolute Gasteiger partial charge is 0.272 e. The quantitative estimate of drug-likeness (QED) is 0.893. The molecule has 0 aliphatic rings. The summed E-state index contributed by atoms with van der Waals surface area (Å²) in [5.41, 5.74) is 1.01. The summed E-state index contributed by atoms with van der Waals surface area (Å²) in [7, 11) is 0. The van der Waals surface area contributed by atoms with Gasteiger partial charge in [-0.15, -0.1) is 10.2 Å². The minimum Gasteiger partial charge on any atom is -0.345 e. The van der Waals surface area contributed by atoms with E-state index >= 15 is 0 Å². The zero-order chi connectivity index (χ0) is 12.1. The van der Waals surface area contributed by atoms with Gasteiger partial charge in [-0.1, -0.05) is 17.7 Å². The van der Waals surface area contributed by atoms with Crippen molar-refractivity contribution in [2.24, 2.45) is 0 Å². The van der Waals surface area contributed by atoms with E-state index in [4.69, 9.17) is 11.6 Å². The van der Waals surface area contributed by atoms with Crippen LogP contribution in [0.1, 0.15) is 16.2 Å². The van der Waals surface area contributed by atoms with Crippen LogP contribution in [-0.2, 0) is 6.54 Å². The normalized spacial score (nSPS) is 9.94. The first kappa shape index (κ1) is 11.5. The number of hydrogen-bond donors (Lipinski definition) is 1. The largest absolute Gasteiger partial charge is 0.345 e. The van der Waals surface area contributed by atoms with Crippen LogP contribution in [0, 0.1) is 0 Å². The minimum absolute atomic E-state index is 0.227. The van der Waals surface area contributed by atoms with Crippen molar-refractivity contribution in [3.63, 3.8) is 0 Å². The summed E-state index contributed by atoms with van der Waals surface area (Å²) < 4.78 is 0. The van der Waals surface area contributed by atoms with Crippen LogP contribution in [0.3, 0.4) is 0 Å². The molecule has 0 aromatic carbocycles. The van der Waals surface area contributed by atoms with Gasteiger partial charge in [-0.2, -0.15) is 0 Å². The van der Waals surface area contributed by atoms with E-state index in [-0.39, 0.29) is 16.8 Å². The Morgan fingerprint density at radius 2 is 2.12 bits per heavy atom. The molecule has 0 bridgehead atoms. The van der Waals surface area contributed by atoms with Crippen molar-refractivity contribution in [1.82, 2.24) is 20.5 Å². The summed E-state index contributed by atoms with van der Waals surface area (Å²) in [5.74, 6) is -0.306. The van der Waals surface area contributed by atoms with Gasteiger partial charge in [-0.25, -0.2) is 0 Å². The molecule has 17 heavy (non-hydrogen) atoms. The lowest BCUT2D eigenvalue weighted by Gasteiger charge is -2.03. The minimum atomic E-state index is -0.306. The molecule has 2 rings (SSSR count). The van der Waals surface area contributed by atoms with Crippen LogP contribution in [-0.4, -0.2) is 21.1 Å². The Labute approximate surface area is 103 Å². The molecule has 0 aliphatic carbocycles. The van der Waals surface area contributed by atoms with E-state index in [2.05, 4.69) is 20.5 Å². The maximum absolute atomic E-state index is 11.6. The molecule has 0 unspecified atom stereocenters. The van der Waals surface area contributed by atoms with Gasteiger partial charge >= 0.3 is 0 Å². The molecule has 2 aromatic heterocycles. The standard InChI is InChI=1S/C11H9ClN4O/c12-10-5-4-9(15-16-10)11(17)14-7-8-3-1-2-6-13-8/h1-6H,7H2,(H,14,17). The zero-order valence-corrected chi connectivity index (χ0v) is 9.55. The molecule has 0 saturated carbocycles. The van der Waals surface area contributed by atoms with Crippen molar-refractivity contribution in [1.29, 1.82) is 0 Å². The SMILES string of the molecule is O=C(NCc1ccccn1)c1ccc(Cl)nn1. The molecule has 5 nitrogen and oxygen atoms in total. The molecule has 0 spiro atoms. The second-order valence-electron chi connectivity index (χ2n) is 3.25. The first-order valence-electron chi connectivity index (χ1n) is 4.93. The molecular formula is C11H9ClN4O. The number of pyridine rings is 1. The number of carbonyl (C=O) groups excluding carboxylic acids is 1. The highest BCUT2D eigenvalue weighted by atomic mass is 35.5. The molecule has 86 valence electrons. The van der Waals surface area contributed by atoms with Crippen LogP contribution >= 0.6 is 11.6 Å². The summed E-state index contributed by atoms with van der Waals surface area (Å²) in [5, 5.41) is 10.2. The molecule has 0 aliphatic heterocycles. The number of carbonyl (C=O) groups is 1. The van der Waals surface area contributed by atoms with E-state index in [1.54, 1.807) is 6.20 Å². The Morgan fingerprint density at radius 1 is 1.24 bits per heavy atom. The molecule has 6 heteroatoms. The van der Waals surface area contributed by atoms with Gasteiger partial charge in [0.25, 0.3) is 5.91 Å². The Bertz CT molecular complexity index is 501. The Balaban J connectivity index is 1.96. The van der Waals surface area contributed by atoms with E-state index in [1.807, 2.05) is 18.2 Å². The fraction of sp³-hybridized carbons (Fsp3) is 0.0909. The molecular weight excluding hydrogens is 240 g/mol. The van der Waals surface area contributed by atoms with Crippen molar-refractivity contribution >= 4 is 17.5 Å². The average molecular weight is 249 g/mol. The molecule has 0 fully saturated rings. The van der Waals surface area contributed by atoms with Gasteiger partial charge in [0.15, 0.2) is 10.8 Å². The maximum atomic E-state index is 11.6.